The van der Waals surface area contributed by atoms with Gasteiger partial charge in [-0.2, -0.15) is 5.10 Å². The number of rotatable bonds is 5. The van der Waals surface area contributed by atoms with E-state index in [0.717, 1.165) is 29.1 Å². The van der Waals surface area contributed by atoms with Crippen molar-refractivity contribution in [2.75, 3.05) is 13.7 Å². The van der Waals surface area contributed by atoms with E-state index in [-0.39, 0.29) is 6.41 Å². The molecule has 1 aliphatic heterocycles. The first-order valence-corrected chi connectivity index (χ1v) is 7.06. The topological polar surface area (TPSA) is 103 Å². The molecule has 1 amide bonds. The lowest BCUT2D eigenvalue weighted by atomic mass is 10.1. The van der Waals surface area contributed by atoms with Crippen molar-refractivity contribution >= 4 is 12.1 Å². The van der Waals surface area contributed by atoms with Crippen molar-refractivity contribution in [3.63, 3.8) is 0 Å². The monoisotopic (exact) mass is 314 g/mol. The quantitative estimate of drug-likeness (QED) is 0.329. The third-order valence-electron chi connectivity index (χ3n) is 3.03. The summed E-state index contributed by atoms with van der Waals surface area (Å²) in [7, 11) is 1.66. The number of benzene rings is 1. The van der Waals surface area contributed by atoms with Gasteiger partial charge in [0.25, 0.3) is 0 Å². The summed E-state index contributed by atoms with van der Waals surface area (Å²) in [6.45, 7) is 0.851. The second-order valence-corrected chi connectivity index (χ2v) is 4.56. The molecule has 0 fully saturated rings. The van der Waals surface area contributed by atoms with Gasteiger partial charge in [-0.1, -0.05) is 24.3 Å². The van der Waals surface area contributed by atoms with E-state index in [1.54, 1.807) is 7.11 Å². The van der Waals surface area contributed by atoms with E-state index >= 15 is 0 Å². The van der Waals surface area contributed by atoms with Crippen molar-refractivity contribution in [1.82, 2.24) is 5.32 Å². The molecule has 122 valence electrons. The second-order valence-electron chi connectivity index (χ2n) is 4.56. The number of nitrogens with one attached hydrogen (secondary N) is 1. The Hall–Kier alpha value is -3.02. The van der Waals surface area contributed by atoms with Gasteiger partial charge in [-0.3, -0.25) is 4.79 Å². The van der Waals surface area contributed by atoms with Gasteiger partial charge in [0, 0.05) is 13.0 Å². The number of hydrogen-bond donors (Lipinski definition) is 3. The standard InChI is InChI=1S/C16H19N3O.CH3NO/c1-20-16-6-3-14(4-7-16)12-15(19-17)5-2-13-8-10-18-11-9-13;2-1-3/h2-10,18H,11-12,17H2,1H3;1H,(H2,2,3)/b5-2+,19-15+;. The van der Waals surface area contributed by atoms with Gasteiger partial charge in [-0.15, -0.1) is 0 Å². The Morgan fingerprint density at radius 2 is 2.09 bits per heavy atom. The minimum atomic E-state index is 0.250. The molecule has 2 rings (SSSR count). The number of ether oxygens (including phenoxy) is 1. The van der Waals surface area contributed by atoms with E-state index in [1.807, 2.05) is 48.7 Å². The van der Waals surface area contributed by atoms with Crippen LogP contribution in [0.1, 0.15) is 5.56 Å². The predicted octanol–water partition coefficient (Wildman–Crippen LogP) is 1.25. The van der Waals surface area contributed by atoms with Crippen molar-refractivity contribution in [3.8, 4) is 5.75 Å². The van der Waals surface area contributed by atoms with Gasteiger partial charge in [0.05, 0.1) is 12.8 Å². The van der Waals surface area contributed by atoms with Gasteiger partial charge in [0.15, 0.2) is 0 Å². The number of hydrogen-bond acceptors (Lipinski definition) is 5. The smallest absolute Gasteiger partial charge is 0.204 e. The minimum absolute atomic E-state index is 0.250. The van der Waals surface area contributed by atoms with E-state index in [9.17, 15) is 0 Å². The van der Waals surface area contributed by atoms with Crippen LogP contribution in [0.4, 0.5) is 0 Å². The van der Waals surface area contributed by atoms with E-state index in [2.05, 4.69) is 22.2 Å². The molecular formula is C17H22N4O2. The molecule has 23 heavy (non-hydrogen) atoms. The third-order valence-corrected chi connectivity index (χ3v) is 3.03. The van der Waals surface area contributed by atoms with Crippen LogP contribution in [-0.2, 0) is 11.2 Å². The first-order valence-electron chi connectivity index (χ1n) is 7.06. The van der Waals surface area contributed by atoms with Crippen LogP contribution in [0, 0.1) is 0 Å². The van der Waals surface area contributed by atoms with Crippen LogP contribution >= 0.6 is 0 Å². The van der Waals surface area contributed by atoms with Gasteiger partial charge >= 0.3 is 0 Å². The lowest BCUT2D eigenvalue weighted by Crippen LogP contribution is -2.08. The number of carbonyl (C=O) groups is 1. The third kappa shape index (κ3) is 6.99. The van der Waals surface area contributed by atoms with Gasteiger partial charge in [0.1, 0.15) is 5.75 Å². The first kappa shape index (κ1) is 18.0. The second kappa shape index (κ2) is 10.7. The van der Waals surface area contributed by atoms with E-state index in [1.165, 1.54) is 0 Å². The fraction of sp³-hybridized carbons (Fsp3) is 0.176. The highest BCUT2D eigenvalue weighted by molar-refractivity contribution is 5.96. The zero-order chi connectivity index (χ0) is 16.9. The Bertz CT molecular complexity index is 602. The van der Waals surface area contributed by atoms with Gasteiger partial charge < -0.3 is 21.6 Å². The molecule has 0 bridgehead atoms. The number of methoxy groups -OCH3 is 1. The number of dihydropyridines is 1. The summed E-state index contributed by atoms with van der Waals surface area (Å²) in [6, 6.07) is 7.90. The van der Waals surface area contributed by atoms with Crippen molar-refractivity contribution < 1.29 is 9.53 Å². The fourth-order valence-electron chi connectivity index (χ4n) is 1.88. The van der Waals surface area contributed by atoms with Crippen LogP contribution in [0.25, 0.3) is 0 Å². The van der Waals surface area contributed by atoms with Crippen molar-refractivity contribution in [2.24, 2.45) is 16.7 Å². The number of carbonyl (C=O) groups excluding carboxylic acids is 1. The highest BCUT2D eigenvalue weighted by atomic mass is 16.5. The van der Waals surface area contributed by atoms with Gasteiger partial charge in [-0.05, 0) is 41.6 Å². The number of hydrazone groups is 1. The summed E-state index contributed by atoms with van der Waals surface area (Å²) in [5.41, 5.74) is 7.30. The maximum absolute atomic E-state index is 8.58. The molecule has 6 nitrogen and oxygen atoms in total. The molecule has 6 heteroatoms. The average Bonchev–Trinajstić information content (AvgIpc) is 2.60. The average molecular weight is 314 g/mol. The maximum Gasteiger partial charge on any atom is 0.204 e. The van der Waals surface area contributed by atoms with Crippen LogP contribution < -0.4 is 21.6 Å². The number of nitrogens with zero attached hydrogens (tertiary/aromatic N) is 1. The maximum atomic E-state index is 8.58. The number of nitrogens with two attached hydrogens (primary N) is 2. The molecule has 0 aromatic heterocycles. The Labute approximate surface area is 136 Å². The molecule has 0 unspecified atom stereocenters. The normalized spacial score (nSPS) is 13.6. The fourth-order valence-corrected chi connectivity index (χ4v) is 1.88. The Morgan fingerprint density at radius 1 is 1.39 bits per heavy atom. The zero-order valence-electron chi connectivity index (χ0n) is 13.1. The Morgan fingerprint density at radius 3 is 2.61 bits per heavy atom. The van der Waals surface area contributed by atoms with Crippen molar-refractivity contribution in [3.05, 3.63) is 65.9 Å². The Kier molecular flexibility index (Phi) is 8.36. The lowest BCUT2D eigenvalue weighted by Gasteiger charge is -2.05. The lowest BCUT2D eigenvalue weighted by molar-refractivity contribution is -0.106. The van der Waals surface area contributed by atoms with Gasteiger partial charge in [-0.25, -0.2) is 0 Å². The van der Waals surface area contributed by atoms with Crippen LogP contribution in [0.15, 0.2) is 65.4 Å². The van der Waals surface area contributed by atoms with Crippen LogP contribution in [0.3, 0.4) is 0 Å². The highest BCUT2D eigenvalue weighted by Gasteiger charge is 2.00. The molecule has 1 aromatic rings. The molecule has 0 saturated carbocycles. The van der Waals surface area contributed by atoms with Crippen molar-refractivity contribution in [2.45, 2.75) is 6.42 Å². The molecule has 0 aliphatic carbocycles. The van der Waals surface area contributed by atoms with Gasteiger partial charge in [0.2, 0.25) is 6.41 Å². The summed E-state index contributed by atoms with van der Waals surface area (Å²) in [6.07, 6.45) is 11.0. The molecular weight excluding hydrogens is 292 g/mol. The Balaban J connectivity index is 0.000000816. The molecule has 0 atom stereocenters. The van der Waals surface area contributed by atoms with Crippen molar-refractivity contribution in [1.29, 1.82) is 0 Å². The summed E-state index contributed by atoms with van der Waals surface area (Å²) >= 11 is 0. The molecule has 5 N–H and O–H groups in total. The molecule has 0 radical (unpaired) electrons. The summed E-state index contributed by atoms with van der Waals surface area (Å²) < 4.78 is 5.14. The first-order chi connectivity index (χ1) is 11.2. The molecule has 1 aliphatic rings. The number of amides is 1. The molecule has 0 saturated heterocycles. The van der Waals surface area contributed by atoms with Crippen LogP contribution in [-0.4, -0.2) is 25.8 Å². The predicted molar refractivity (Wildman–Crippen MR) is 92.9 cm³/mol. The molecule has 1 heterocycles. The SMILES string of the molecule is COc1ccc(CC(/C=C/C2=CCNC=C2)=N/N)cc1.NC=O. The largest absolute Gasteiger partial charge is 0.497 e. The summed E-state index contributed by atoms with van der Waals surface area (Å²) in [5, 5.41) is 6.95. The van der Waals surface area contributed by atoms with E-state index in [0.29, 0.717) is 6.42 Å². The van der Waals surface area contributed by atoms with E-state index < -0.39 is 0 Å². The summed E-state index contributed by atoms with van der Waals surface area (Å²) in [5.74, 6) is 6.30. The molecule has 0 spiro atoms. The highest BCUT2D eigenvalue weighted by Crippen LogP contribution is 2.12. The van der Waals surface area contributed by atoms with E-state index in [4.69, 9.17) is 15.4 Å². The number of primary amides is 1. The van der Waals surface area contributed by atoms with Crippen LogP contribution in [0.5, 0.6) is 5.75 Å². The zero-order valence-corrected chi connectivity index (χ0v) is 13.1. The van der Waals surface area contributed by atoms with Crippen LogP contribution in [0.2, 0.25) is 0 Å². The number of allylic oxidation sites excluding steroid dienone is 4. The summed E-state index contributed by atoms with van der Waals surface area (Å²) in [4.78, 5) is 8.58. The molecule has 1 aromatic carbocycles. The minimum Gasteiger partial charge on any atom is -0.497 e.